The van der Waals surface area contributed by atoms with E-state index in [1.54, 1.807) is 6.92 Å². The number of hydrogen-bond acceptors (Lipinski definition) is 4. The monoisotopic (exact) mass is 224 g/mol. The molecule has 1 rings (SSSR count). The Hall–Kier alpha value is -1.88. The molecule has 0 saturated heterocycles. The number of aliphatic hydroxyl groups excluding tert-OH is 1. The van der Waals surface area contributed by atoms with Crippen LogP contribution in [-0.4, -0.2) is 27.1 Å². The summed E-state index contributed by atoms with van der Waals surface area (Å²) in [4.78, 5) is 22.1. The summed E-state index contributed by atoms with van der Waals surface area (Å²) in [7, 11) is 0. The number of carbonyl (C=O) groups excluding carboxylic acids is 1. The molecule has 0 aromatic heterocycles. The number of Topliss-reactive ketones (excluding diaryl/α,β-unsaturated/α-hetero) is 1. The number of aromatic hydroxyl groups is 1. The van der Waals surface area contributed by atoms with Gasteiger partial charge in [-0.15, -0.1) is 0 Å². The Morgan fingerprint density at radius 2 is 2.00 bits per heavy atom. The van der Waals surface area contributed by atoms with Gasteiger partial charge in [0.1, 0.15) is 5.75 Å². The summed E-state index contributed by atoms with van der Waals surface area (Å²) in [5, 5.41) is 27.5. The lowest BCUT2D eigenvalue weighted by molar-refractivity contribution is -0.147. The van der Waals surface area contributed by atoms with Crippen molar-refractivity contribution in [3.63, 3.8) is 0 Å². The third-order valence-corrected chi connectivity index (χ3v) is 2.21. The number of benzene rings is 1. The van der Waals surface area contributed by atoms with Crippen molar-refractivity contribution < 1.29 is 24.9 Å². The molecule has 16 heavy (non-hydrogen) atoms. The van der Waals surface area contributed by atoms with E-state index in [9.17, 15) is 19.8 Å². The number of aliphatic hydroxyl groups is 1. The molecule has 0 saturated carbocycles. The van der Waals surface area contributed by atoms with Crippen molar-refractivity contribution in [2.75, 3.05) is 0 Å². The van der Waals surface area contributed by atoms with Crippen molar-refractivity contribution in [1.82, 2.24) is 0 Å². The lowest BCUT2D eigenvalue weighted by Crippen LogP contribution is -2.15. The standard InChI is InChI=1S/C11H12O5/c1-2-7(12)6-4-3-5-8(13)9(6)10(14)11(15)16/h3-5,10,13-14H,2H2,1H3,(H,15,16). The van der Waals surface area contributed by atoms with Gasteiger partial charge in [0.2, 0.25) is 0 Å². The molecule has 0 spiro atoms. The fourth-order valence-electron chi connectivity index (χ4n) is 1.40. The second kappa shape index (κ2) is 4.76. The molecule has 86 valence electrons. The normalized spacial score (nSPS) is 12.1. The molecule has 0 heterocycles. The van der Waals surface area contributed by atoms with Gasteiger partial charge in [0.15, 0.2) is 11.9 Å². The zero-order valence-electron chi connectivity index (χ0n) is 8.67. The van der Waals surface area contributed by atoms with Gasteiger partial charge in [0.25, 0.3) is 0 Å². The van der Waals surface area contributed by atoms with Crippen LogP contribution in [0, 0.1) is 0 Å². The summed E-state index contributed by atoms with van der Waals surface area (Å²) in [6.07, 6.45) is -1.73. The van der Waals surface area contributed by atoms with Crippen LogP contribution in [0.15, 0.2) is 18.2 Å². The van der Waals surface area contributed by atoms with Crippen LogP contribution >= 0.6 is 0 Å². The van der Waals surface area contributed by atoms with E-state index in [0.717, 1.165) is 0 Å². The second-order valence-corrected chi connectivity index (χ2v) is 3.26. The van der Waals surface area contributed by atoms with Gasteiger partial charge in [-0.05, 0) is 6.07 Å². The van der Waals surface area contributed by atoms with E-state index in [1.807, 2.05) is 0 Å². The van der Waals surface area contributed by atoms with Crippen molar-refractivity contribution in [2.45, 2.75) is 19.4 Å². The maximum atomic E-state index is 11.5. The van der Waals surface area contributed by atoms with Gasteiger partial charge in [0, 0.05) is 17.5 Å². The molecule has 1 unspecified atom stereocenters. The first kappa shape index (κ1) is 12.2. The number of phenolic OH excluding ortho intramolecular Hbond substituents is 1. The highest BCUT2D eigenvalue weighted by atomic mass is 16.4. The van der Waals surface area contributed by atoms with E-state index in [2.05, 4.69) is 0 Å². The van der Waals surface area contributed by atoms with Gasteiger partial charge in [-0.1, -0.05) is 19.1 Å². The topological polar surface area (TPSA) is 94.8 Å². The van der Waals surface area contributed by atoms with Crippen LogP contribution in [0.1, 0.15) is 35.4 Å². The lowest BCUT2D eigenvalue weighted by atomic mass is 9.97. The predicted molar refractivity (Wildman–Crippen MR) is 55.3 cm³/mol. The number of carboxylic acid groups (broad SMARTS) is 1. The Labute approximate surface area is 92.0 Å². The summed E-state index contributed by atoms with van der Waals surface area (Å²) < 4.78 is 0. The molecule has 5 heteroatoms. The molecule has 0 amide bonds. The minimum absolute atomic E-state index is 0.0393. The van der Waals surface area contributed by atoms with E-state index < -0.39 is 17.8 Å². The quantitative estimate of drug-likeness (QED) is 0.666. The van der Waals surface area contributed by atoms with Gasteiger partial charge in [-0.3, -0.25) is 4.79 Å². The van der Waals surface area contributed by atoms with Crippen LogP contribution in [0.4, 0.5) is 0 Å². The van der Waals surface area contributed by atoms with Gasteiger partial charge >= 0.3 is 5.97 Å². The molecule has 0 aliphatic carbocycles. The van der Waals surface area contributed by atoms with E-state index >= 15 is 0 Å². The summed E-state index contributed by atoms with van der Waals surface area (Å²) in [6.45, 7) is 1.61. The molecule has 3 N–H and O–H groups in total. The maximum absolute atomic E-state index is 11.5. The average molecular weight is 224 g/mol. The summed E-state index contributed by atoms with van der Waals surface area (Å²) in [5.41, 5.74) is -0.209. The summed E-state index contributed by atoms with van der Waals surface area (Å²) >= 11 is 0. The van der Waals surface area contributed by atoms with Crippen LogP contribution in [-0.2, 0) is 4.79 Å². The molecule has 1 aromatic rings. The molecule has 0 bridgehead atoms. The number of carbonyl (C=O) groups is 2. The minimum atomic E-state index is -1.90. The Morgan fingerprint density at radius 1 is 1.38 bits per heavy atom. The fourth-order valence-corrected chi connectivity index (χ4v) is 1.40. The first-order valence-corrected chi connectivity index (χ1v) is 4.75. The predicted octanol–water partition coefficient (Wildman–Crippen LogP) is 1.10. The van der Waals surface area contributed by atoms with Crippen molar-refractivity contribution in [1.29, 1.82) is 0 Å². The highest BCUT2D eigenvalue weighted by molar-refractivity contribution is 5.99. The third-order valence-electron chi connectivity index (χ3n) is 2.21. The van der Waals surface area contributed by atoms with Gasteiger partial charge in [-0.25, -0.2) is 4.79 Å². The summed E-state index contributed by atoms with van der Waals surface area (Å²) in [5.74, 6) is -2.23. The van der Waals surface area contributed by atoms with E-state index in [1.165, 1.54) is 18.2 Å². The van der Waals surface area contributed by atoms with Crippen molar-refractivity contribution in [2.24, 2.45) is 0 Å². The van der Waals surface area contributed by atoms with Crippen LogP contribution < -0.4 is 0 Å². The zero-order chi connectivity index (χ0) is 12.3. The first-order valence-electron chi connectivity index (χ1n) is 4.75. The highest BCUT2D eigenvalue weighted by Crippen LogP contribution is 2.28. The molecule has 1 atom stereocenters. The van der Waals surface area contributed by atoms with Crippen LogP contribution in [0.2, 0.25) is 0 Å². The lowest BCUT2D eigenvalue weighted by Gasteiger charge is -2.12. The van der Waals surface area contributed by atoms with E-state index in [0.29, 0.717) is 0 Å². The number of aliphatic carboxylic acids is 1. The van der Waals surface area contributed by atoms with Crippen molar-refractivity contribution in [3.05, 3.63) is 29.3 Å². The van der Waals surface area contributed by atoms with E-state index in [-0.39, 0.29) is 23.3 Å². The van der Waals surface area contributed by atoms with Crippen molar-refractivity contribution in [3.8, 4) is 5.75 Å². The molecule has 0 aliphatic rings. The molecular formula is C11H12O5. The molecule has 1 aromatic carbocycles. The average Bonchev–Trinajstić information content (AvgIpc) is 2.26. The molecular weight excluding hydrogens is 212 g/mol. The van der Waals surface area contributed by atoms with Gasteiger partial charge in [0.05, 0.1) is 0 Å². The Bertz CT molecular complexity index is 424. The molecule has 0 radical (unpaired) electrons. The maximum Gasteiger partial charge on any atom is 0.337 e. The van der Waals surface area contributed by atoms with Crippen molar-refractivity contribution >= 4 is 11.8 Å². The number of hydrogen-bond donors (Lipinski definition) is 3. The fraction of sp³-hybridized carbons (Fsp3) is 0.273. The SMILES string of the molecule is CCC(=O)c1cccc(O)c1C(O)C(=O)O. The smallest absolute Gasteiger partial charge is 0.337 e. The minimum Gasteiger partial charge on any atom is -0.508 e. The van der Waals surface area contributed by atoms with Crippen LogP contribution in [0.5, 0.6) is 5.75 Å². The number of carboxylic acids is 1. The van der Waals surface area contributed by atoms with Crippen LogP contribution in [0.25, 0.3) is 0 Å². The zero-order valence-corrected chi connectivity index (χ0v) is 8.67. The van der Waals surface area contributed by atoms with Crippen LogP contribution in [0.3, 0.4) is 0 Å². The van der Waals surface area contributed by atoms with E-state index in [4.69, 9.17) is 5.11 Å². The number of ketones is 1. The largest absolute Gasteiger partial charge is 0.508 e. The second-order valence-electron chi connectivity index (χ2n) is 3.26. The molecule has 5 nitrogen and oxygen atoms in total. The van der Waals surface area contributed by atoms with Gasteiger partial charge in [-0.2, -0.15) is 0 Å². The third kappa shape index (κ3) is 2.20. The highest BCUT2D eigenvalue weighted by Gasteiger charge is 2.25. The van der Waals surface area contributed by atoms with Gasteiger partial charge < -0.3 is 15.3 Å². The number of phenols is 1. The molecule has 0 aliphatic heterocycles. The Balaban J connectivity index is 3.34. The molecule has 0 fully saturated rings. The number of rotatable bonds is 4. The first-order chi connectivity index (χ1) is 7.49. The Kier molecular flexibility index (Phi) is 3.63. The summed E-state index contributed by atoms with van der Waals surface area (Å²) in [6, 6.07) is 4.04. The Morgan fingerprint density at radius 3 is 2.50 bits per heavy atom.